The summed E-state index contributed by atoms with van der Waals surface area (Å²) in [7, 11) is 1.39. The van der Waals surface area contributed by atoms with Crippen LogP contribution < -0.4 is 15.4 Å². The molecule has 2 N–H and O–H groups in total. The fourth-order valence-electron chi connectivity index (χ4n) is 2.04. The molecule has 0 radical (unpaired) electrons. The molecule has 1 atom stereocenters. The van der Waals surface area contributed by atoms with Crippen LogP contribution >= 0.6 is 11.8 Å². The predicted octanol–water partition coefficient (Wildman–Crippen LogP) is 1.71. The number of methoxy groups -OCH3 is 1. The fourth-order valence-corrected chi connectivity index (χ4v) is 3.02. The van der Waals surface area contributed by atoms with E-state index < -0.39 is 16.1 Å². The second kappa shape index (κ2) is 8.29. The van der Waals surface area contributed by atoms with Crippen molar-refractivity contribution in [3.63, 3.8) is 0 Å². The van der Waals surface area contributed by atoms with Crippen molar-refractivity contribution in [1.82, 2.24) is 5.32 Å². The molecule has 2 rings (SSSR count). The number of benzene rings is 1. The number of hydrogen-bond donors (Lipinski definition) is 2. The van der Waals surface area contributed by atoms with Crippen molar-refractivity contribution >= 4 is 40.1 Å². The number of carbonyl (C=O) groups is 2. The summed E-state index contributed by atoms with van der Waals surface area (Å²) < 4.78 is 5.08. The number of amidine groups is 1. The number of anilines is 1. The minimum absolute atomic E-state index is 0.102. The van der Waals surface area contributed by atoms with E-state index in [4.69, 9.17) is 4.74 Å². The van der Waals surface area contributed by atoms with Gasteiger partial charge in [-0.25, -0.2) is 0 Å². The Hall–Kier alpha value is -2.88. The topological polar surface area (TPSA) is 123 Å². The second-order valence-electron chi connectivity index (χ2n) is 4.92. The van der Waals surface area contributed by atoms with Crippen LogP contribution in [-0.2, 0) is 9.59 Å². The molecule has 1 fully saturated rings. The molecule has 132 valence electrons. The smallest absolute Gasteiger partial charge is 0.271 e. The highest BCUT2D eigenvalue weighted by atomic mass is 32.2. The van der Waals surface area contributed by atoms with Crippen molar-refractivity contribution in [2.75, 3.05) is 19.0 Å². The van der Waals surface area contributed by atoms with E-state index in [0.717, 1.165) is 11.8 Å². The van der Waals surface area contributed by atoms with E-state index in [1.54, 1.807) is 6.08 Å². The van der Waals surface area contributed by atoms with Crippen molar-refractivity contribution in [3.05, 3.63) is 41.0 Å². The van der Waals surface area contributed by atoms with Gasteiger partial charge in [-0.1, -0.05) is 17.8 Å². The highest BCUT2D eigenvalue weighted by Crippen LogP contribution is 2.30. The predicted molar refractivity (Wildman–Crippen MR) is 94.9 cm³/mol. The SMILES string of the molecule is C=CCN=C1NC(=O)C(CC(=O)Nc2cc([N+](=O)[O-])ccc2OC)S1. The molecular weight excluding hydrogens is 348 g/mol. The van der Waals surface area contributed by atoms with Gasteiger partial charge >= 0.3 is 0 Å². The average Bonchev–Trinajstić information content (AvgIpc) is 2.92. The lowest BCUT2D eigenvalue weighted by atomic mass is 10.2. The Bertz CT molecular complexity index is 749. The first-order valence-corrected chi connectivity index (χ1v) is 8.07. The quantitative estimate of drug-likeness (QED) is 0.431. The van der Waals surface area contributed by atoms with Crippen molar-refractivity contribution < 1.29 is 19.2 Å². The van der Waals surface area contributed by atoms with Gasteiger partial charge in [0.15, 0.2) is 5.17 Å². The molecule has 0 spiro atoms. The fraction of sp³-hybridized carbons (Fsp3) is 0.267. The summed E-state index contributed by atoms with van der Waals surface area (Å²) in [5.74, 6) is -0.485. The monoisotopic (exact) mass is 364 g/mol. The Morgan fingerprint density at radius 1 is 1.60 bits per heavy atom. The summed E-state index contributed by atoms with van der Waals surface area (Å²) in [6.07, 6.45) is 1.49. The molecule has 0 aromatic heterocycles. The van der Waals surface area contributed by atoms with Crippen LogP contribution in [0.1, 0.15) is 6.42 Å². The molecule has 1 unspecified atom stereocenters. The minimum Gasteiger partial charge on any atom is -0.495 e. The number of thioether (sulfide) groups is 1. The van der Waals surface area contributed by atoms with Crippen LogP contribution in [0.15, 0.2) is 35.8 Å². The first-order valence-electron chi connectivity index (χ1n) is 7.19. The molecule has 9 nitrogen and oxygen atoms in total. The van der Waals surface area contributed by atoms with Gasteiger partial charge < -0.3 is 15.4 Å². The standard InChI is InChI=1S/C15H16N4O5S/c1-3-6-16-15-18-14(21)12(25-15)8-13(20)17-10-7-9(19(22)23)4-5-11(10)24-2/h3-5,7,12H,1,6,8H2,2H3,(H,17,20)(H,16,18,21). The van der Waals surface area contributed by atoms with Gasteiger partial charge in [0, 0.05) is 18.6 Å². The van der Waals surface area contributed by atoms with Gasteiger partial charge in [-0.3, -0.25) is 24.7 Å². The number of rotatable bonds is 7. The van der Waals surface area contributed by atoms with Gasteiger partial charge in [-0.2, -0.15) is 0 Å². The summed E-state index contributed by atoms with van der Waals surface area (Å²) in [4.78, 5) is 38.4. The van der Waals surface area contributed by atoms with Gasteiger partial charge in [0.25, 0.3) is 5.69 Å². The maximum Gasteiger partial charge on any atom is 0.271 e. The lowest BCUT2D eigenvalue weighted by molar-refractivity contribution is -0.384. The number of nitro benzene ring substituents is 1. The van der Waals surface area contributed by atoms with E-state index in [1.807, 2.05) is 0 Å². The lowest BCUT2D eigenvalue weighted by Crippen LogP contribution is -2.28. The van der Waals surface area contributed by atoms with Crippen LogP contribution in [-0.4, -0.2) is 40.8 Å². The normalized spacial score (nSPS) is 17.9. The highest BCUT2D eigenvalue weighted by molar-refractivity contribution is 8.15. The number of nitrogens with one attached hydrogen (secondary N) is 2. The third-order valence-corrected chi connectivity index (χ3v) is 4.30. The van der Waals surface area contributed by atoms with Gasteiger partial charge in [0.2, 0.25) is 11.8 Å². The molecule has 2 amide bonds. The molecule has 1 aromatic carbocycles. The molecule has 0 bridgehead atoms. The summed E-state index contributed by atoms with van der Waals surface area (Å²) in [6.45, 7) is 3.91. The Morgan fingerprint density at radius 3 is 3.00 bits per heavy atom. The van der Waals surface area contributed by atoms with Crippen LogP contribution in [0.2, 0.25) is 0 Å². The first-order chi connectivity index (χ1) is 11.9. The Morgan fingerprint density at radius 2 is 2.36 bits per heavy atom. The molecule has 1 aliphatic rings. The molecule has 1 saturated heterocycles. The zero-order chi connectivity index (χ0) is 18.4. The number of nitro groups is 1. The van der Waals surface area contributed by atoms with Crippen LogP contribution in [0.3, 0.4) is 0 Å². The van der Waals surface area contributed by atoms with Crippen molar-refractivity contribution in [1.29, 1.82) is 0 Å². The molecule has 10 heteroatoms. The summed E-state index contributed by atoms with van der Waals surface area (Å²) in [5, 5.41) is 15.8. The molecule has 1 aliphatic heterocycles. The van der Waals surface area contributed by atoms with Crippen LogP contribution in [0, 0.1) is 10.1 Å². The van der Waals surface area contributed by atoms with Crippen LogP contribution in [0.25, 0.3) is 0 Å². The third kappa shape index (κ3) is 4.80. The molecule has 25 heavy (non-hydrogen) atoms. The van der Waals surface area contributed by atoms with Gasteiger partial charge in [0.1, 0.15) is 11.0 Å². The highest BCUT2D eigenvalue weighted by Gasteiger charge is 2.32. The second-order valence-corrected chi connectivity index (χ2v) is 6.12. The maximum atomic E-state index is 12.2. The average molecular weight is 364 g/mol. The largest absolute Gasteiger partial charge is 0.495 e. The molecule has 1 heterocycles. The van der Waals surface area contributed by atoms with Crippen molar-refractivity contribution in [2.45, 2.75) is 11.7 Å². The number of non-ortho nitro benzene ring substituents is 1. The van der Waals surface area contributed by atoms with E-state index in [0.29, 0.717) is 11.7 Å². The summed E-state index contributed by atoms with van der Waals surface area (Å²) in [6, 6.07) is 3.87. The van der Waals surface area contributed by atoms with Crippen molar-refractivity contribution in [2.24, 2.45) is 4.99 Å². The zero-order valence-electron chi connectivity index (χ0n) is 13.4. The van der Waals surface area contributed by atoms with E-state index in [-0.39, 0.29) is 29.5 Å². The number of carbonyl (C=O) groups excluding carboxylic acids is 2. The maximum absolute atomic E-state index is 12.2. The van der Waals surface area contributed by atoms with Gasteiger partial charge in [-0.15, -0.1) is 6.58 Å². The first kappa shape index (κ1) is 18.5. The third-order valence-electron chi connectivity index (χ3n) is 3.18. The molecular formula is C15H16N4O5S. The molecule has 0 aliphatic carbocycles. The minimum atomic E-state index is -0.617. The van der Waals surface area contributed by atoms with Gasteiger partial charge in [0.05, 0.1) is 24.3 Å². The Balaban J connectivity index is 2.05. The van der Waals surface area contributed by atoms with E-state index >= 15 is 0 Å². The number of ether oxygens (including phenoxy) is 1. The lowest BCUT2D eigenvalue weighted by Gasteiger charge is -2.11. The van der Waals surface area contributed by atoms with Crippen LogP contribution in [0.4, 0.5) is 11.4 Å². The summed E-state index contributed by atoms with van der Waals surface area (Å²) in [5.41, 5.74) is -0.00594. The number of nitrogens with zero attached hydrogens (tertiary/aromatic N) is 2. The van der Waals surface area contributed by atoms with Crippen LogP contribution in [0.5, 0.6) is 5.75 Å². The molecule has 0 saturated carbocycles. The van der Waals surface area contributed by atoms with E-state index in [2.05, 4.69) is 22.2 Å². The number of amides is 2. The molecule has 1 aromatic rings. The zero-order valence-corrected chi connectivity index (χ0v) is 14.2. The summed E-state index contributed by atoms with van der Waals surface area (Å²) >= 11 is 1.16. The Labute approximate surface area is 147 Å². The van der Waals surface area contributed by atoms with E-state index in [9.17, 15) is 19.7 Å². The number of aliphatic imine (C=N–C) groups is 1. The van der Waals surface area contributed by atoms with Gasteiger partial charge in [-0.05, 0) is 6.07 Å². The van der Waals surface area contributed by atoms with Crippen molar-refractivity contribution in [3.8, 4) is 5.75 Å². The number of hydrogen-bond acceptors (Lipinski definition) is 7. The Kier molecular flexibility index (Phi) is 6.12. The van der Waals surface area contributed by atoms with E-state index in [1.165, 1.54) is 25.3 Å².